The average Bonchev–Trinajstić information content (AvgIpc) is 3.47. The van der Waals surface area contributed by atoms with Crippen molar-refractivity contribution in [3.8, 4) is 5.82 Å². The van der Waals surface area contributed by atoms with Crippen LogP contribution in [0.3, 0.4) is 0 Å². The van der Waals surface area contributed by atoms with E-state index in [0.717, 1.165) is 23.9 Å². The number of imidazole rings is 1. The van der Waals surface area contributed by atoms with Gasteiger partial charge in [0.2, 0.25) is 0 Å². The highest BCUT2D eigenvalue weighted by molar-refractivity contribution is 5.97. The van der Waals surface area contributed by atoms with Crippen molar-refractivity contribution in [3.63, 3.8) is 0 Å². The summed E-state index contributed by atoms with van der Waals surface area (Å²) in [5.74, 6) is 0.935. The van der Waals surface area contributed by atoms with E-state index >= 15 is 0 Å². The summed E-state index contributed by atoms with van der Waals surface area (Å²) < 4.78 is 3.14. The van der Waals surface area contributed by atoms with Crippen LogP contribution < -0.4 is 5.56 Å². The van der Waals surface area contributed by atoms with Crippen LogP contribution in [0.25, 0.3) is 16.9 Å². The minimum Gasteiger partial charge on any atom is -0.345 e. The molecule has 30 heavy (non-hydrogen) atoms. The minimum absolute atomic E-state index is 0.0286. The predicted octanol–water partition coefficient (Wildman–Crippen LogP) is 1.86. The number of aromatic amines is 1. The van der Waals surface area contributed by atoms with Crippen LogP contribution in [0.5, 0.6) is 0 Å². The first-order valence-corrected chi connectivity index (χ1v) is 9.98. The zero-order valence-corrected chi connectivity index (χ0v) is 16.3. The topological polar surface area (TPSA) is 102 Å². The predicted molar refractivity (Wildman–Crippen MR) is 110 cm³/mol. The van der Waals surface area contributed by atoms with Crippen molar-refractivity contribution in [1.82, 2.24) is 34.4 Å². The molecule has 1 aliphatic rings. The fourth-order valence-electron chi connectivity index (χ4n) is 3.91. The van der Waals surface area contributed by atoms with Gasteiger partial charge in [-0.1, -0.05) is 0 Å². The van der Waals surface area contributed by atoms with Gasteiger partial charge in [-0.2, -0.15) is 5.10 Å². The number of amides is 1. The third kappa shape index (κ3) is 3.49. The van der Waals surface area contributed by atoms with E-state index in [0.29, 0.717) is 36.9 Å². The molecule has 9 nitrogen and oxygen atoms in total. The number of aromatic nitrogens is 6. The smallest absolute Gasteiger partial charge is 0.266 e. The maximum absolute atomic E-state index is 12.9. The lowest BCUT2D eigenvalue weighted by Gasteiger charge is -2.32. The molecule has 0 aliphatic carbocycles. The molecule has 1 N–H and O–H groups in total. The van der Waals surface area contributed by atoms with Crippen molar-refractivity contribution >= 4 is 16.9 Å². The number of rotatable bonds is 4. The first-order chi connectivity index (χ1) is 14.7. The summed E-state index contributed by atoms with van der Waals surface area (Å²) >= 11 is 0. The number of fused-ring (bicyclic) bond motifs is 1. The van der Waals surface area contributed by atoms with E-state index in [4.69, 9.17) is 0 Å². The summed E-state index contributed by atoms with van der Waals surface area (Å²) in [6.45, 7) is 1.87. The Bertz CT molecular complexity index is 1230. The highest BCUT2D eigenvalue weighted by Gasteiger charge is 2.24. The summed E-state index contributed by atoms with van der Waals surface area (Å²) in [6, 6.07) is 10.5. The fraction of sp³-hybridized carbons (Fsp3) is 0.286. The van der Waals surface area contributed by atoms with Gasteiger partial charge in [-0.3, -0.25) is 9.59 Å². The van der Waals surface area contributed by atoms with Gasteiger partial charge in [0.05, 0.1) is 17.4 Å². The second-order valence-electron chi connectivity index (χ2n) is 7.53. The second kappa shape index (κ2) is 7.58. The second-order valence-corrected chi connectivity index (χ2v) is 7.53. The normalized spacial score (nSPS) is 15.0. The first kappa shape index (κ1) is 18.3. The maximum atomic E-state index is 12.9. The highest BCUT2D eigenvalue weighted by atomic mass is 16.2. The van der Waals surface area contributed by atoms with Crippen molar-refractivity contribution < 1.29 is 4.79 Å². The van der Waals surface area contributed by atoms with E-state index in [2.05, 4.69) is 20.2 Å². The SMILES string of the molecule is O=C(c1ccc2nc[nH]c2c1)N1CCC(Cn2nc(-n3cccn3)ccc2=O)CC1. The van der Waals surface area contributed by atoms with E-state index < -0.39 is 0 Å². The van der Waals surface area contributed by atoms with E-state index in [1.54, 1.807) is 29.5 Å². The van der Waals surface area contributed by atoms with Gasteiger partial charge in [-0.05, 0) is 49.1 Å². The lowest BCUT2D eigenvalue weighted by molar-refractivity contribution is 0.0680. The van der Waals surface area contributed by atoms with E-state index in [1.807, 2.05) is 29.2 Å². The fourth-order valence-corrected chi connectivity index (χ4v) is 3.91. The molecule has 0 spiro atoms. The number of nitrogens with zero attached hydrogens (tertiary/aromatic N) is 6. The Morgan fingerprint density at radius 3 is 2.83 bits per heavy atom. The third-order valence-electron chi connectivity index (χ3n) is 5.59. The molecule has 0 bridgehead atoms. The van der Waals surface area contributed by atoms with Crippen LogP contribution in [-0.2, 0) is 6.54 Å². The summed E-state index contributed by atoms with van der Waals surface area (Å²) in [6.07, 6.45) is 6.76. The molecule has 1 saturated heterocycles. The van der Waals surface area contributed by atoms with Gasteiger partial charge in [-0.15, -0.1) is 5.10 Å². The molecule has 9 heteroatoms. The van der Waals surface area contributed by atoms with Crippen molar-refractivity contribution in [1.29, 1.82) is 0 Å². The molecule has 0 unspecified atom stereocenters. The summed E-state index contributed by atoms with van der Waals surface area (Å²) in [5.41, 5.74) is 2.24. The molecule has 3 aromatic heterocycles. The quantitative estimate of drug-likeness (QED) is 0.560. The lowest BCUT2D eigenvalue weighted by atomic mass is 9.96. The Labute approximate surface area is 172 Å². The van der Waals surface area contributed by atoms with Crippen LogP contribution in [0.15, 0.2) is 59.9 Å². The largest absolute Gasteiger partial charge is 0.345 e. The van der Waals surface area contributed by atoms with Gasteiger partial charge in [0.1, 0.15) is 0 Å². The number of benzene rings is 1. The molecule has 5 rings (SSSR count). The Morgan fingerprint density at radius 1 is 1.17 bits per heavy atom. The number of carbonyl (C=O) groups excluding carboxylic acids is 1. The van der Waals surface area contributed by atoms with Gasteiger partial charge in [0.15, 0.2) is 5.82 Å². The molecule has 1 aliphatic heterocycles. The molecule has 4 aromatic rings. The molecule has 0 radical (unpaired) electrons. The van der Waals surface area contributed by atoms with Crippen LogP contribution in [0.1, 0.15) is 23.2 Å². The molecule has 0 atom stereocenters. The first-order valence-electron chi connectivity index (χ1n) is 9.98. The molecular weight excluding hydrogens is 382 g/mol. The molecule has 152 valence electrons. The van der Waals surface area contributed by atoms with Crippen LogP contribution >= 0.6 is 0 Å². The van der Waals surface area contributed by atoms with Crippen molar-refractivity contribution in [2.24, 2.45) is 5.92 Å². The van der Waals surface area contributed by atoms with Crippen LogP contribution in [0.4, 0.5) is 0 Å². The van der Waals surface area contributed by atoms with Crippen LogP contribution in [-0.4, -0.2) is 53.4 Å². The Balaban J connectivity index is 1.24. The van der Waals surface area contributed by atoms with Gasteiger partial charge in [0, 0.05) is 43.7 Å². The maximum Gasteiger partial charge on any atom is 0.266 e. The zero-order valence-electron chi connectivity index (χ0n) is 16.3. The Kier molecular flexibility index (Phi) is 4.62. The number of hydrogen-bond acceptors (Lipinski definition) is 5. The van der Waals surface area contributed by atoms with Gasteiger partial charge >= 0.3 is 0 Å². The van der Waals surface area contributed by atoms with E-state index in [9.17, 15) is 9.59 Å². The van der Waals surface area contributed by atoms with Gasteiger partial charge in [-0.25, -0.2) is 14.3 Å². The van der Waals surface area contributed by atoms with Crippen molar-refractivity contribution in [2.45, 2.75) is 19.4 Å². The summed E-state index contributed by atoms with van der Waals surface area (Å²) in [7, 11) is 0. The van der Waals surface area contributed by atoms with Crippen molar-refractivity contribution in [3.05, 3.63) is 71.0 Å². The van der Waals surface area contributed by atoms with Crippen LogP contribution in [0.2, 0.25) is 0 Å². The van der Waals surface area contributed by atoms with E-state index in [1.165, 1.54) is 10.7 Å². The number of piperidine rings is 1. The third-order valence-corrected chi connectivity index (χ3v) is 5.59. The number of likely N-dealkylation sites (tertiary alicyclic amines) is 1. The highest BCUT2D eigenvalue weighted by Crippen LogP contribution is 2.21. The molecule has 1 amide bonds. The van der Waals surface area contributed by atoms with Crippen LogP contribution in [0, 0.1) is 5.92 Å². The summed E-state index contributed by atoms with van der Waals surface area (Å²) in [4.78, 5) is 34.2. The molecule has 4 heterocycles. The van der Waals surface area contributed by atoms with E-state index in [-0.39, 0.29) is 11.5 Å². The lowest BCUT2D eigenvalue weighted by Crippen LogP contribution is -2.40. The number of hydrogen-bond donors (Lipinski definition) is 1. The zero-order chi connectivity index (χ0) is 20.5. The summed E-state index contributed by atoms with van der Waals surface area (Å²) in [5, 5.41) is 8.62. The number of carbonyl (C=O) groups is 1. The Hall–Kier alpha value is -3.75. The standard InChI is InChI=1S/C21H21N7O2/c29-20-5-4-19(27-9-1-8-24-27)25-28(20)13-15-6-10-26(11-7-15)21(30)16-2-3-17-18(12-16)23-14-22-17/h1-5,8-9,12,14-15H,6-7,10-11,13H2,(H,22,23). The monoisotopic (exact) mass is 403 g/mol. The number of H-pyrrole nitrogens is 1. The minimum atomic E-state index is -0.128. The molecule has 1 fully saturated rings. The molecular formula is C21H21N7O2. The van der Waals surface area contributed by atoms with Gasteiger partial charge in [0.25, 0.3) is 11.5 Å². The number of nitrogens with one attached hydrogen (secondary N) is 1. The molecule has 0 saturated carbocycles. The average molecular weight is 403 g/mol. The molecule has 1 aromatic carbocycles. The van der Waals surface area contributed by atoms with Gasteiger partial charge < -0.3 is 9.88 Å². The van der Waals surface area contributed by atoms with Crippen molar-refractivity contribution in [2.75, 3.05) is 13.1 Å². The Morgan fingerprint density at radius 2 is 2.03 bits per heavy atom.